The summed E-state index contributed by atoms with van der Waals surface area (Å²) in [6, 6.07) is 0. The highest BCUT2D eigenvalue weighted by Gasteiger charge is 2.65. The molecule has 1 aliphatic carbocycles. The molecule has 2 N–H and O–H groups in total. The maximum Gasteiger partial charge on any atom is 0.224 e. The fourth-order valence-electron chi connectivity index (χ4n) is 4.89. The second-order valence-corrected chi connectivity index (χ2v) is 7.73. The van der Waals surface area contributed by atoms with E-state index < -0.39 is 11.6 Å². The molecule has 1 saturated carbocycles. The maximum atomic E-state index is 9.62. The van der Waals surface area contributed by atoms with E-state index in [9.17, 15) is 10.2 Å². The first-order valence-electron chi connectivity index (χ1n) is 9.63. The highest BCUT2D eigenvalue weighted by atomic mass is 16.8. The number of aliphatic hydroxyl groups is 2. The summed E-state index contributed by atoms with van der Waals surface area (Å²) in [5, 5.41) is 19.2. The van der Waals surface area contributed by atoms with Crippen molar-refractivity contribution in [3.63, 3.8) is 0 Å². The second kappa shape index (κ2) is 6.82. The topological polar surface area (TPSA) is 77.4 Å². The first kappa shape index (κ1) is 17.2. The van der Waals surface area contributed by atoms with Crippen LogP contribution < -0.4 is 0 Å². The molecule has 6 nitrogen and oxygen atoms in total. The Hall–Kier alpha value is -0.240. The van der Waals surface area contributed by atoms with Gasteiger partial charge >= 0.3 is 0 Å². The van der Waals surface area contributed by atoms with E-state index in [0.717, 1.165) is 51.4 Å². The Balaban J connectivity index is 1.66. The van der Waals surface area contributed by atoms with Crippen LogP contribution in [0.4, 0.5) is 0 Å². The van der Waals surface area contributed by atoms with Crippen molar-refractivity contribution in [1.82, 2.24) is 0 Å². The average molecular weight is 342 g/mol. The Morgan fingerprint density at radius 2 is 1.08 bits per heavy atom. The zero-order valence-corrected chi connectivity index (χ0v) is 14.3. The summed E-state index contributed by atoms with van der Waals surface area (Å²) in [6.07, 6.45) is 8.80. The molecule has 0 amide bonds. The van der Waals surface area contributed by atoms with Crippen molar-refractivity contribution in [3.05, 3.63) is 0 Å². The van der Waals surface area contributed by atoms with Crippen LogP contribution in [0.3, 0.4) is 0 Å². The summed E-state index contributed by atoms with van der Waals surface area (Å²) in [5.41, 5.74) is 0. The predicted molar refractivity (Wildman–Crippen MR) is 85.3 cm³/mol. The zero-order chi connectivity index (χ0) is 16.6. The number of ether oxygens (including phenoxy) is 4. The van der Waals surface area contributed by atoms with E-state index in [1.54, 1.807) is 0 Å². The Labute approximate surface area is 143 Å². The van der Waals surface area contributed by atoms with Gasteiger partial charge in [-0.3, -0.25) is 0 Å². The average Bonchev–Trinajstić information content (AvgIpc) is 2.63. The van der Waals surface area contributed by atoms with Crippen LogP contribution in [0.15, 0.2) is 0 Å². The Morgan fingerprint density at radius 1 is 0.625 bits per heavy atom. The standard InChI is InChI=1S/C18H30O6/c19-11-13-5-3-9-17(21-13)18(10-4-6-14(12-20)22-18)24-16-8-2-1-7-15(16)23-17/h13-16,19-20H,1-12H2/t13-,14-,15+,16+,17-,18-/m0/s1. The molecule has 3 heterocycles. The van der Waals surface area contributed by atoms with Crippen LogP contribution in [0.5, 0.6) is 0 Å². The summed E-state index contributed by atoms with van der Waals surface area (Å²) >= 11 is 0. The molecule has 4 fully saturated rings. The molecule has 3 aliphatic heterocycles. The van der Waals surface area contributed by atoms with Gasteiger partial charge in [-0.05, 0) is 38.5 Å². The minimum Gasteiger partial charge on any atom is -0.394 e. The molecule has 3 saturated heterocycles. The smallest absolute Gasteiger partial charge is 0.224 e. The lowest BCUT2D eigenvalue weighted by atomic mass is 9.84. The number of hydrogen-bond donors (Lipinski definition) is 2. The van der Waals surface area contributed by atoms with E-state index in [2.05, 4.69) is 0 Å². The van der Waals surface area contributed by atoms with Crippen LogP contribution >= 0.6 is 0 Å². The van der Waals surface area contributed by atoms with Crippen LogP contribution in [0.1, 0.15) is 64.2 Å². The molecule has 24 heavy (non-hydrogen) atoms. The molecular weight excluding hydrogens is 312 g/mol. The zero-order valence-electron chi connectivity index (χ0n) is 14.3. The van der Waals surface area contributed by atoms with Crippen LogP contribution in [0.2, 0.25) is 0 Å². The molecule has 6 heteroatoms. The third kappa shape index (κ3) is 2.81. The molecule has 0 unspecified atom stereocenters. The van der Waals surface area contributed by atoms with Gasteiger partial charge in [0.2, 0.25) is 11.6 Å². The molecule has 138 valence electrons. The molecule has 0 bridgehead atoms. The first-order chi connectivity index (χ1) is 11.7. The number of aliphatic hydroxyl groups excluding tert-OH is 2. The van der Waals surface area contributed by atoms with E-state index in [0.29, 0.717) is 12.8 Å². The number of rotatable bonds is 2. The largest absolute Gasteiger partial charge is 0.394 e. The fourth-order valence-corrected chi connectivity index (χ4v) is 4.89. The summed E-state index contributed by atoms with van der Waals surface area (Å²) in [6.45, 7) is -0.0303. The van der Waals surface area contributed by atoms with Crippen molar-refractivity contribution in [2.24, 2.45) is 0 Å². The highest BCUT2D eigenvalue weighted by molar-refractivity contribution is 5.01. The molecule has 4 aliphatic rings. The van der Waals surface area contributed by atoms with Gasteiger partial charge < -0.3 is 29.2 Å². The van der Waals surface area contributed by atoms with Crippen molar-refractivity contribution < 1.29 is 29.2 Å². The van der Waals surface area contributed by atoms with Gasteiger partial charge in [0, 0.05) is 12.8 Å². The number of hydrogen-bond acceptors (Lipinski definition) is 6. The van der Waals surface area contributed by atoms with Crippen molar-refractivity contribution in [3.8, 4) is 0 Å². The lowest BCUT2D eigenvalue weighted by molar-refractivity contribution is -0.497. The van der Waals surface area contributed by atoms with E-state index in [4.69, 9.17) is 18.9 Å². The summed E-state index contributed by atoms with van der Waals surface area (Å²) in [7, 11) is 0. The van der Waals surface area contributed by atoms with Crippen molar-refractivity contribution in [2.45, 2.75) is 100 Å². The van der Waals surface area contributed by atoms with Gasteiger partial charge in [-0.1, -0.05) is 12.8 Å². The van der Waals surface area contributed by atoms with Crippen molar-refractivity contribution in [2.75, 3.05) is 13.2 Å². The van der Waals surface area contributed by atoms with E-state index in [-0.39, 0.29) is 37.6 Å². The Kier molecular flexibility index (Phi) is 4.88. The lowest BCUT2D eigenvalue weighted by Gasteiger charge is -2.60. The van der Waals surface area contributed by atoms with Gasteiger partial charge in [0.15, 0.2) is 0 Å². The molecule has 6 atom stereocenters. The molecular formula is C18H30O6. The summed E-state index contributed by atoms with van der Waals surface area (Å²) in [5.74, 6) is -1.91. The highest BCUT2D eigenvalue weighted by Crippen LogP contribution is 2.52. The molecule has 0 aromatic carbocycles. The quantitative estimate of drug-likeness (QED) is 0.798. The number of fused-ring (bicyclic) bond motifs is 2. The molecule has 0 radical (unpaired) electrons. The second-order valence-electron chi connectivity index (χ2n) is 7.73. The van der Waals surface area contributed by atoms with Crippen molar-refractivity contribution >= 4 is 0 Å². The van der Waals surface area contributed by atoms with E-state index in [1.807, 2.05) is 0 Å². The van der Waals surface area contributed by atoms with Gasteiger partial charge in [0.1, 0.15) is 0 Å². The van der Waals surface area contributed by atoms with Crippen LogP contribution in [0, 0.1) is 0 Å². The van der Waals surface area contributed by atoms with Gasteiger partial charge in [0.05, 0.1) is 37.6 Å². The van der Waals surface area contributed by atoms with Crippen LogP contribution in [-0.2, 0) is 18.9 Å². The van der Waals surface area contributed by atoms with Crippen LogP contribution in [-0.4, -0.2) is 59.4 Å². The molecule has 2 spiro atoms. The maximum absolute atomic E-state index is 9.62. The van der Waals surface area contributed by atoms with Gasteiger partial charge in [-0.25, -0.2) is 0 Å². The normalized spacial score (nSPS) is 49.2. The third-order valence-corrected chi connectivity index (χ3v) is 6.09. The summed E-state index contributed by atoms with van der Waals surface area (Å²) < 4.78 is 25.7. The fraction of sp³-hybridized carbons (Fsp3) is 1.00. The van der Waals surface area contributed by atoms with Gasteiger partial charge in [-0.15, -0.1) is 0 Å². The van der Waals surface area contributed by atoms with Gasteiger partial charge in [0.25, 0.3) is 0 Å². The Bertz CT molecular complexity index is 405. The van der Waals surface area contributed by atoms with E-state index in [1.165, 1.54) is 0 Å². The SMILES string of the molecule is OC[C@@H]1CCC[C@]2(O1)O[C@@H]1CCCC[C@H]1O[C@@]21CCC[C@@H](CO)O1. The van der Waals surface area contributed by atoms with E-state index >= 15 is 0 Å². The minimum absolute atomic E-state index is 0.0152. The van der Waals surface area contributed by atoms with Gasteiger partial charge in [-0.2, -0.15) is 0 Å². The third-order valence-electron chi connectivity index (χ3n) is 6.09. The summed E-state index contributed by atoms with van der Waals surface area (Å²) in [4.78, 5) is 0. The minimum atomic E-state index is -0.953. The Morgan fingerprint density at radius 3 is 1.50 bits per heavy atom. The lowest BCUT2D eigenvalue weighted by Crippen LogP contribution is -2.72. The predicted octanol–water partition coefficient (Wildman–Crippen LogP) is 1.86. The monoisotopic (exact) mass is 342 g/mol. The molecule has 4 rings (SSSR count). The molecule has 0 aromatic heterocycles. The molecule has 0 aromatic rings. The van der Waals surface area contributed by atoms with Crippen molar-refractivity contribution in [1.29, 1.82) is 0 Å². The van der Waals surface area contributed by atoms with Crippen LogP contribution in [0.25, 0.3) is 0 Å². The first-order valence-corrected chi connectivity index (χ1v) is 9.63.